The lowest BCUT2D eigenvalue weighted by atomic mass is 10.2. The molecule has 1 heterocycles. The second-order valence-electron chi connectivity index (χ2n) is 2.71. The number of aromatic nitrogens is 1. The fraction of sp³-hybridized carbons (Fsp3) is 0.100. The van der Waals surface area contributed by atoms with Crippen LogP contribution in [0.4, 0.5) is 0 Å². The van der Waals surface area contributed by atoms with Crippen LogP contribution in [-0.4, -0.2) is 11.4 Å². The van der Waals surface area contributed by atoms with E-state index in [4.69, 9.17) is 4.52 Å². The van der Waals surface area contributed by atoms with Gasteiger partial charge in [-0.2, -0.15) is 0 Å². The Bertz CT molecular complexity index is 441. The standard InChI is InChI=1S/C10H8BrNOS/c1-14-10-6-9(13-12-10)7-4-2-3-5-8(7)11/h2-6H,1H3. The average molecular weight is 270 g/mol. The summed E-state index contributed by atoms with van der Waals surface area (Å²) in [4.78, 5) is 0. The van der Waals surface area contributed by atoms with Crippen molar-refractivity contribution >= 4 is 27.7 Å². The molecule has 0 aliphatic heterocycles. The number of rotatable bonds is 2. The van der Waals surface area contributed by atoms with E-state index in [1.807, 2.05) is 36.6 Å². The minimum absolute atomic E-state index is 0.793. The lowest BCUT2D eigenvalue weighted by Crippen LogP contribution is -1.74. The van der Waals surface area contributed by atoms with Crippen LogP contribution in [0, 0.1) is 0 Å². The zero-order chi connectivity index (χ0) is 9.97. The highest BCUT2D eigenvalue weighted by molar-refractivity contribution is 9.10. The van der Waals surface area contributed by atoms with Crippen LogP contribution < -0.4 is 0 Å². The van der Waals surface area contributed by atoms with Gasteiger partial charge in [-0.15, -0.1) is 11.8 Å². The van der Waals surface area contributed by atoms with Gasteiger partial charge in [0.1, 0.15) is 5.03 Å². The summed E-state index contributed by atoms with van der Waals surface area (Å²) >= 11 is 5.04. The quantitative estimate of drug-likeness (QED) is 0.776. The van der Waals surface area contributed by atoms with Crippen molar-refractivity contribution in [2.45, 2.75) is 5.03 Å². The largest absolute Gasteiger partial charge is 0.355 e. The van der Waals surface area contributed by atoms with Gasteiger partial charge in [-0.1, -0.05) is 33.2 Å². The molecule has 0 spiro atoms. The highest BCUT2D eigenvalue weighted by atomic mass is 79.9. The first kappa shape index (κ1) is 9.80. The van der Waals surface area contributed by atoms with E-state index in [0.717, 1.165) is 20.8 Å². The molecule has 0 bridgehead atoms. The van der Waals surface area contributed by atoms with E-state index in [-0.39, 0.29) is 0 Å². The Morgan fingerprint density at radius 3 is 2.79 bits per heavy atom. The van der Waals surface area contributed by atoms with E-state index in [2.05, 4.69) is 21.1 Å². The van der Waals surface area contributed by atoms with Crippen molar-refractivity contribution in [3.8, 4) is 11.3 Å². The Morgan fingerprint density at radius 1 is 1.36 bits per heavy atom. The molecule has 1 aromatic carbocycles. The molecule has 0 aliphatic rings. The second kappa shape index (κ2) is 4.19. The molecule has 0 unspecified atom stereocenters. The molecule has 72 valence electrons. The monoisotopic (exact) mass is 269 g/mol. The third-order valence-electron chi connectivity index (χ3n) is 1.84. The fourth-order valence-electron chi connectivity index (χ4n) is 1.14. The highest BCUT2D eigenvalue weighted by Gasteiger charge is 2.08. The molecule has 0 saturated carbocycles. The molecule has 0 saturated heterocycles. The van der Waals surface area contributed by atoms with Gasteiger partial charge in [0.05, 0.1) is 0 Å². The van der Waals surface area contributed by atoms with Gasteiger partial charge in [0, 0.05) is 16.1 Å². The molecule has 0 atom stereocenters. The molecule has 1 aromatic heterocycles. The van der Waals surface area contributed by atoms with Crippen molar-refractivity contribution < 1.29 is 4.52 Å². The number of thioether (sulfide) groups is 1. The summed E-state index contributed by atoms with van der Waals surface area (Å²) in [6.07, 6.45) is 1.97. The van der Waals surface area contributed by atoms with Crippen LogP contribution in [0.15, 0.2) is 44.4 Å². The Morgan fingerprint density at radius 2 is 2.14 bits per heavy atom. The number of halogens is 1. The zero-order valence-electron chi connectivity index (χ0n) is 7.53. The van der Waals surface area contributed by atoms with Crippen LogP contribution in [0.25, 0.3) is 11.3 Å². The molecule has 0 fully saturated rings. The van der Waals surface area contributed by atoms with Crippen LogP contribution in [0.5, 0.6) is 0 Å². The van der Waals surface area contributed by atoms with Gasteiger partial charge in [-0.05, 0) is 18.4 Å². The van der Waals surface area contributed by atoms with Crippen LogP contribution in [0.2, 0.25) is 0 Å². The molecule has 0 N–H and O–H groups in total. The first-order chi connectivity index (χ1) is 6.81. The Kier molecular flexibility index (Phi) is 2.93. The Balaban J connectivity index is 2.44. The molecule has 4 heteroatoms. The maximum absolute atomic E-state index is 5.22. The third-order valence-corrected chi connectivity index (χ3v) is 3.14. The summed E-state index contributed by atoms with van der Waals surface area (Å²) in [6, 6.07) is 9.86. The number of hydrogen-bond acceptors (Lipinski definition) is 3. The topological polar surface area (TPSA) is 26.0 Å². The lowest BCUT2D eigenvalue weighted by molar-refractivity contribution is 0.415. The van der Waals surface area contributed by atoms with Gasteiger partial charge in [0.2, 0.25) is 0 Å². The zero-order valence-corrected chi connectivity index (χ0v) is 9.93. The normalized spacial score (nSPS) is 10.4. The molecule has 0 radical (unpaired) electrons. The van der Waals surface area contributed by atoms with Crippen molar-refractivity contribution in [1.29, 1.82) is 0 Å². The molecular formula is C10H8BrNOS. The molecule has 2 nitrogen and oxygen atoms in total. The minimum Gasteiger partial charge on any atom is -0.355 e. The number of benzene rings is 1. The Labute approximate surface area is 94.8 Å². The lowest BCUT2D eigenvalue weighted by Gasteiger charge is -1.97. The second-order valence-corrected chi connectivity index (χ2v) is 4.39. The molecule has 0 aliphatic carbocycles. The van der Waals surface area contributed by atoms with Crippen LogP contribution in [0.3, 0.4) is 0 Å². The van der Waals surface area contributed by atoms with Gasteiger partial charge in [-0.3, -0.25) is 0 Å². The summed E-state index contributed by atoms with van der Waals surface area (Å²) in [7, 11) is 0. The first-order valence-electron chi connectivity index (χ1n) is 4.07. The third kappa shape index (κ3) is 1.86. The molecule has 2 rings (SSSR count). The molecular weight excluding hydrogens is 262 g/mol. The molecule has 2 aromatic rings. The SMILES string of the molecule is CSc1cc(-c2ccccc2Br)on1. The van der Waals surface area contributed by atoms with Gasteiger partial charge >= 0.3 is 0 Å². The van der Waals surface area contributed by atoms with E-state index in [9.17, 15) is 0 Å². The van der Waals surface area contributed by atoms with Gasteiger partial charge < -0.3 is 4.52 Å². The fourth-order valence-corrected chi connectivity index (χ4v) is 1.96. The van der Waals surface area contributed by atoms with Gasteiger partial charge in [0.15, 0.2) is 5.76 Å². The van der Waals surface area contributed by atoms with Crippen molar-refractivity contribution in [3.63, 3.8) is 0 Å². The van der Waals surface area contributed by atoms with E-state index in [0.29, 0.717) is 0 Å². The van der Waals surface area contributed by atoms with Gasteiger partial charge in [-0.25, -0.2) is 0 Å². The maximum atomic E-state index is 5.22. The Hall–Kier alpha value is -0.740. The van der Waals surface area contributed by atoms with Crippen molar-refractivity contribution in [2.24, 2.45) is 0 Å². The van der Waals surface area contributed by atoms with E-state index >= 15 is 0 Å². The summed E-state index contributed by atoms with van der Waals surface area (Å²) in [5, 5.41) is 4.82. The van der Waals surface area contributed by atoms with Gasteiger partial charge in [0.25, 0.3) is 0 Å². The molecule has 0 amide bonds. The number of nitrogens with zero attached hydrogens (tertiary/aromatic N) is 1. The van der Waals surface area contributed by atoms with Crippen LogP contribution >= 0.6 is 27.7 Å². The summed E-state index contributed by atoms with van der Waals surface area (Å²) < 4.78 is 6.24. The minimum atomic E-state index is 0.793. The first-order valence-corrected chi connectivity index (χ1v) is 6.08. The predicted molar refractivity (Wildman–Crippen MR) is 61.4 cm³/mol. The van der Waals surface area contributed by atoms with Crippen molar-refractivity contribution in [2.75, 3.05) is 6.26 Å². The average Bonchev–Trinajstić information content (AvgIpc) is 2.67. The van der Waals surface area contributed by atoms with E-state index in [1.165, 1.54) is 0 Å². The summed E-state index contributed by atoms with van der Waals surface area (Å²) in [6.45, 7) is 0. The maximum Gasteiger partial charge on any atom is 0.169 e. The van der Waals surface area contributed by atoms with Crippen molar-refractivity contribution in [3.05, 3.63) is 34.8 Å². The van der Waals surface area contributed by atoms with E-state index in [1.54, 1.807) is 11.8 Å². The highest BCUT2D eigenvalue weighted by Crippen LogP contribution is 2.29. The van der Waals surface area contributed by atoms with Crippen LogP contribution in [-0.2, 0) is 0 Å². The van der Waals surface area contributed by atoms with E-state index < -0.39 is 0 Å². The van der Waals surface area contributed by atoms with Crippen LogP contribution in [0.1, 0.15) is 0 Å². The summed E-state index contributed by atoms with van der Waals surface area (Å²) in [5.41, 5.74) is 1.03. The number of hydrogen-bond donors (Lipinski definition) is 0. The van der Waals surface area contributed by atoms with Crippen molar-refractivity contribution in [1.82, 2.24) is 5.16 Å². The smallest absolute Gasteiger partial charge is 0.169 e. The summed E-state index contributed by atoms with van der Waals surface area (Å²) in [5.74, 6) is 0.793. The predicted octanol–water partition coefficient (Wildman–Crippen LogP) is 3.83. The molecule has 14 heavy (non-hydrogen) atoms.